The number of aromatic nitrogens is 1. The molecule has 29 heavy (non-hydrogen) atoms. The Bertz CT molecular complexity index is 1090. The van der Waals surface area contributed by atoms with E-state index in [9.17, 15) is 14.4 Å². The van der Waals surface area contributed by atoms with Crippen molar-refractivity contribution in [2.45, 2.75) is 40.5 Å². The molecule has 2 N–H and O–H groups in total. The first-order valence-corrected chi connectivity index (χ1v) is 10.1. The third-order valence-corrected chi connectivity index (χ3v) is 5.45. The maximum absolute atomic E-state index is 12.8. The van der Waals surface area contributed by atoms with E-state index in [0.717, 1.165) is 27.1 Å². The second-order valence-electron chi connectivity index (χ2n) is 7.18. The molecule has 0 aliphatic carbocycles. The Morgan fingerprint density at radius 2 is 1.66 bits per heavy atom. The number of anilines is 2. The minimum absolute atomic E-state index is 0.0286. The summed E-state index contributed by atoms with van der Waals surface area (Å²) in [6.45, 7) is 7.43. The molecular formula is C22H23N3O3S. The number of nitrogens with one attached hydrogen (secondary N) is 2. The molecule has 0 spiro atoms. The highest BCUT2D eigenvalue weighted by Gasteiger charge is 2.14. The SMILES string of the molecule is CC(=O)CCC(=O)Nc1nc2ccc(C(=O)Nc3c(C)cc(C)cc3C)cc2s1. The molecule has 0 saturated heterocycles. The third kappa shape index (κ3) is 5.06. The van der Waals surface area contributed by atoms with E-state index in [0.29, 0.717) is 16.2 Å². The second kappa shape index (κ2) is 8.53. The predicted octanol–water partition coefficient (Wildman–Crippen LogP) is 4.78. The van der Waals surface area contributed by atoms with Crippen molar-refractivity contribution in [3.05, 3.63) is 52.6 Å². The maximum atomic E-state index is 12.8. The summed E-state index contributed by atoms with van der Waals surface area (Å²) in [5, 5.41) is 6.16. The minimum Gasteiger partial charge on any atom is -0.322 e. The Hall–Kier alpha value is -3.06. The Kier molecular flexibility index (Phi) is 6.08. The summed E-state index contributed by atoms with van der Waals surface area (Å²) >= 11 is 1.30. The van der Waals surface area contributed by atoms with Crippen LogP contribution in [-0.2, 0) is 9.59 Å². The van der Waals surface area contributed by atoms with Crippen LogP contribution in [0.2, 0.25) is 0 Å². The summed E-state index contributed by atoms with van der Waals surface area (Å²) in [5.41, 5.74) is 5.24. The van der Waals surface area contributed by atoms with Gasteiger partial charge in [0.15, 0.2) is 5.13 Å². The van der Waals surface area contributed by atoms with E-state index in [4.69, 9.17) is 0 Å². The number of carbonyl (C=O) groups is 3. The topological polar surface area (TPSA) is 88.2 Å². The summed E-state index contributed by atoms with van der Waals surface area (Å²) < 4.78 is 0.803. The molecule has 1 heterocycles. The van der Waals surface area contributed by atoms with Gasteiger partial charge in [-0.25, -0.2) is 4.98 Å². The van der Waals surface area contributed by atoms with Gasteiger partial charge in [-0.2, -0.15) is 0 Å². The van der Waals surface area contributed by atoms with Crippen molar-refractivity contribution in [1.29, 1.82) is 0 Å². The number of benzene rings is 2. The number of aryl methyl sites for hydroxylation is 3. The second-order valence-corrected chi connectivity index (χ2v) is 8.21. The molecule has 150 valence electrons. The van der Waals surface area contributed by atoms with Crippen molar-refractivity contribution >= 4 is 50.0 Å². The van der Waals surface area contributed by atoms with E-state index in [1.807, 2.05) is 32.9 Å². The molecule has 2 aromatic carbocycles. The normalized spacial score (nSPS) is 10.8. The summed E-state index contributed by atoms with van der Waals surface area (Å²) in [5.74, 6) is -0.468. The molecular weight excluding hydrogens is 386 g/mol. The van der Waals surface area contributed by atoms with Crippen LogP contribution >= 0.6 is 11.3 Å². The van der Waals surface area contributed by atoms with Crippen molar-refractivity contribution in [1.82, 2.24) is 4.98 Å². The quantitative estimate of drug-likeness (QED) is 0.613. The van der Waals surface area contributed by atoms with Crippen molar-refractivity contribution in [2.75, 3.05) is 10.6 Å². The van der Waals surface area contributed by atoms with Crippen LogP contribution in [0.1, 0.15) is 46.8 Å². The standard InChI is InChI=1S/C22H23N3O3S/c1-12-9-13(2)20(14(3)10-12)25-21(28)16-6-7-17-18(11-16)29-22(23-17)24-19(27)8-5-15(4)26/h6-7,9-11H,5,8H2,1-4H3,(H,25,28)(H,23,24,27). The van der Waals surface area contributed by atoms with Crippen LogP contribution in [0.15, 0.2) is 30.3 Å². The molecule has 0 unspecified atom stereocenters. The van der Waals surface area contributed by atoms with E-state index < -0.39 is 0 Å². The van der Waals surface area contributed by atoms with Crippen LogP contribution < -0.4 is 10.6 Å². The van der Waals surface area contributed by atoms with Crippen LogP contribution in [0.3, 0.4) is 0 Å². The highest BCUT2D eigenvalue weighted by atomic mass is 32.1. The summed E-state index contributed by atoms with van der Waals surface area (Å²) in [6.07, 6.45) is 0.340. The van der Waals surface area contributed by atoms with Gasteiger partial charge in [-0.15, -0.1) is 0 Å². The highest BCUT2D eigenvalue weighted by molar-refractivity contribution is 7.22. The molecule has 0 fully saturated rings. The van der Waals surface area contributed by atoms with E-state index in [-0.39, 0.29) is 30.4 Å². The number of rotatable bonds is 6. The zero-order chi connectivity index (χ0) is 21.1. The molecule has 7 heteroatoms. The van der Waals surface area contributed by atoms with Gasteiger partial charge in [0.25, 0.3) is 5.91 Å². The maximum Gasteiger partial charge on any atom is 0.255 e. The zero-order valence-electron chi connectivity index (χ0n) is 16.9. The van der Waals surface area contributed by atoms with Crippen LogP contribution in [0.5, 0.6) is 0 Å². The molecule has 0 bridgehead atoms. The third-order valence-electron chi connectivity index (χ3n) is 4.52. The summed E-state index contributed by atoms with van der Waals surface area (Å²) in [7, 11) is 0. The number of hydrogen-bond acceptors (Lipinski definition) is 5. The largest absolute Gasteiger partial charge is 0.322 e. The molecule has 3 aromatic rings. The lowest BCUT2D eigenvalue weighted by Crippen LogP contribution is -2.13. The number of nitrogens with zero attached hydrogens (tertiary/aromatic N) is 1. The lowest BCUT2D eigenvalue weighted by Gasteiger charge is -2.12. The van der Waals surface area contributed by atoms with Crippen LogP contribution in [0.4, 0.5) is 10.8 Å². The van der Waals surface area contributed by atoms with Gasteiger partial charge in [0.05, 0.1) is 10.2 Å². The van der Waals surface area contributed by atoms with Crippen molar-refractivity contribution in [3.63, 3.8) is 0 Å². The number of carbonyl (C=O) groups excluding carboxylic acids is 3. The lowest BCUT2D eigenvalue weighted by atomic mass is 10.0. The van der Waals surface area contributed by atoms with Gasteiger partial charge in [-0.3, -0.25) is 9.59 Å². The van der Waals surface area contributed by atoms with E-state index >= 15 is 0 Å². The van der Waals surface area contributed by atoms with Gasteiger partial charge < -0.3 is 15.4 Å². The Balaban J connectivity index is 1.76. The number of Topliss-reactive ketones (excluding diaryl/α,β-unsaturated/α-hetero) is 1. The van der Waals surface area contributed by atoms with Gasteiger partial charge >= 0.3 is 0 Å². The molecule has 0 radical (unpaired) electrons. The van der Waals surface area contributed by atoms with Crippen molar-refractivity contribution < 1.29 is 14.4 Å². The number of amides is 2. The van der Waals surface area contributed by atoms with Gasteiger partial charge in [0.2, 0.25) is 5.91 Å². The molecule has 0 aliphatic heterocycles. The lowest BCUT2D eigenvalue weighted by molar-refractivity contribution is -0.121. The summed E-state index contributed by atoms with van der Waals surface area (Å²) in [6, 6.07) is 9.33. The van der Waals surface area contributed by atoms with Crippen molar-refractivity contribution in [2.24, 2.45) is 0 Å². The predicted molar refractivity (Wildman–Crippen MR) is 117 cm³/mol. The van der Waals surface area contributed by atoms with Crippen LogP contribution in [0, 0.1) is 20.8 Å². The van der Waals surface area contributed by atoms with Crippen LogP contribution in [0.25, 0.3) is 10.2 Å². The molecule has 3 rings (SSSR count). The molecule has 6 nitrogen and oxygen atoms in total. The van der Waals surface area contributed by atoms with E-state index in [1.165, 1.54) is 18.3 Å². The molecule has 0 atom stereocenters. The fourth-order valence-corrected chi connectivity index (χ4v) is 4.07. The van der Waals surface area contributed by atoms with E-state index in [1.54, 1.807) is 18.2 Å². The van der Waals surface area contributed by atoms with Crippen LogP contribution in [-0.4, -0.2) is 22.6 Å². The number of ketones is 1. The van der Waals surface area contributed by atoms with Gasteiger partial charge in [-0.05, 0) is 57.0 Å². The first-order valence-electron chi connectivity index (χ1n) is 9.32. The van der Waals surface area contributed by atoms with Gasteiger partial charge in [-0.1, -0.05) is 29.0 Å². The molecule has 0 aliphatic rings. The zero-order valence-corrected chi connectivity index (χ0v) is 17.7. The highest BCUT2D eigenvalue weighted by Crippen LogP contribution is 2.28. The molecule has 2 amide bonds. The van der Waals surface area contributed by atoms with Crippen molar-refractivity contribution in [3.8, 4) is 0 Å². The summed E-state index contributed by atoms with van der Waals surface area (Å²) in [4.78, 5) is 40.0. The Morgan fingerprint density at radius 3 is 2.31 bits per heavy atom. The number of fused-ring (bicyclic) bond motifs is 1. The van der Waals surface area contributed by atoms with E-state index in [2.05, 4.69) is 15.6 Å². The molecule has 0 saturated carbocycles. The number of hydrogen-bond donors (Lipinski definition) is 2. The van der Waals surface area contributed by atoms with Gasteiger partial charge in [0.1, 0.15) is 5.78 Å². The average Bonchev–Trinajstić information content (AvgIpc) is 3.04. The Morgan fingerprint density at radius 1 is 0.966 bits per heavy atom. The number of thiazole rings is 1. The molecule has 1 aromatic heterocycles. The first-order chi connectivity index (χ1) is 13.7. The fraction of sp³-hybridized carbons (Fsp3) is 0.273. The minimum atomic E-state index is -0.248. The monoisotopic (exact) mass is 409 g/mol. The smallest absolute Gasteiger partial charge is 0.255 e. The Labute approximate surface area is 173 Å². The first kappa shape index (κ1) is 20.7. The fourth-order valence-electron chi connectivity index (χ4n) is 3.15. The average molecular weight is 410 g/mol. The van der Waals surface area contributed by atoms with Gasteiger partial charge in [0, 0.05) is 24.1 Å².